The Bertz CT molecular complexity index is 634. The lowest BCUT2D eigenvalue weighted by Crippen LogP contribution is -2.26. The van der Waals surface area contributed by atoms with Crippen molar-refractivity contribution < 1.29 is 0 Å². The van der Waals surface area contributed by atoms with E-state index in [0.717, 1.165) is 24.4 Å². The largest absolute Gasteiger partial charge is 0.356 e. The van der Waals surface area contributed by atoms with Crippen LogP contribution >= 0.6 is 11.6 Å². The molecule has 1 fully saturated rings. The topological polar surface area (TPSA) is 16.1 Å². The number of benzene rings is 1. The highest BCUT2D eigenvalue weighted by atomic mass is 35.5. The lowest BCUT2D eigenvalue weighted by molar-refractivity contribution is 0.301. The van der Waals surface area contributed by atoms with Crippen LogP contribution in [-0.4, -0.2) is 18.1 Å². The Balaban J connectivity index is 1.98. The molecule has 0 unspecified atom stereocenters. The van der Waals surface area contributed by atoms with Crippen LogP contribution in [0.2, 0.25) is 0 Å². The molecule has 2 heterocycles. The van der Waals surface area contributed by atoms with Crippen molar-refractivity contribution in [3.63, 3.8) is 0 Å². The standard InChI is InChI=1S/C18H23ClN2/c1-3-18(4-2)9-10-21(13-18)17-11-14(12-19)15-7-5-6-8-16(15)20-17/h5-8,11H,3-4,9-10,12-13H2,1-2H3. The van der Waals surface area contributed by atoms with Gasteiger partial charge in [0.25, 0.3) is 0 Å². The van der Waals surface area contributed by atoms with Crippen molar-refractivity contribution in [3.8, 4) is 0 Å². The molecule has 1 aromatic carbocycles. The van der Waals surface area contributed by atoms with Gasteiger partial charge in [0.2, 0.25) is 0 Å². The smallest absolute Gasteiger partial charge is 0.129 e. The van der Waals surface area contributed by atoms with Gasteiger partial charge in [0.15, 0.2) is 0 Å². The highest BCUT2D eigenvalue weighted by Crippen LogP contribution is 2.39. The number of anilines is 1. The first-order valence-electron chi connectivity index (χ1n) is 7.91. The number of alkyl halides is 1. The van der Waals surface area contributed by atoms with Crippen LogP contribution in [0, 0.1) is 5.41 Å². The molecule has 3 rings (SSSR count). The van der Waals surface area contributed by atoms with Gasteiger partial charge in [-0.25, -0.2) is 4.98 Å². The molecule has 1 saturated heterocycles. The fourth-order valence-corrected chi connectivity index (χ4v) is 3.68. The molecular formula is C18H23ClN2. The molecule has 0 amide bonds. The Morgan fingerprint density at radius 2 is 2.00 bits per heavy atom. The third kappa shape index (κ3) is 2.62. The van der Waals surface area contributed by atoms with E-state index in [4.69, 9.17) is 16.6 Å². The van der Waals surface area contributed by atoms with Gasteiger partial charge in [-0.05, 0) is 42.4 Å². The van der Waals surface area contributed by atoms with Crippen LogP contribution in [0.3, 0.4) is 0 Å². The third-order valence-corrected chi connectivity index (χ3v) is 5.48. The van der Waals surface area contributed by atoms with Crippen LogP contribution in [0.25, 0.3) is 10.9 Å². The minimum atomic E-state index is 0.467. The number of nitrogens with zero attached hydrogens (tertiary/aromatic N) is 2. The minimum Gasteiger partial charge on any atom is -0.356 e. The molecule has 2 nitrogen and oxygen atoms in total. The summed E-state index contributed by atoms with van der Waals surface area (Å²) in [5.41, 5.74) is 2.70. The summed E-state index contributed by atoms with van der Waals surface area (Å²) in [5, 5.41) is 1.17. The molecule has 21 heavy (non-hydrogen) atoms. The zero-order valence-corrected chi connectivity index (χ0v) is 13.7. The number of pyridine rings is 1. The summed E-state index contributed by atoms with van der Waals surface area (Å²) in [4.78, 5) is 7.31. The van der Waals surface area contributed by atoms with Gasteiger partial charge in [-0.3, -0.25) is 0 Å². The molecule has 0 spiro atoms. The first-order valence-corrected chi connectivity index (χ1v) is 8.44. The Labute approximate surface area is 132 Å². The Morgan fingerprint density at radius 3 is 2.67 bits per heavy atom. The van der Waals surface area contributed by atoms with Crippen LogP contribution < -0.4 is 4.90 Å². The number of aromatic nitrogens is 1. The van der Waals surface area contributed by atoms with Gasteiger partial charge in [0.1, 0.15) is 5.82 Å². The van der Waals surface area contributed by atoms with Crippen molar-refractivity contribution in [1.29, 1.82) is 0 Å². The van der Waals surface area contributed by atoms with Crippen molar-refractivity contribution in [2.45, 2.75) is 39.0 Å². The number of halogens is 1. The highest BCUT2D eigenvalue weighted by Gasteiger charge is 2.35. The lowest BCUT2D eigenvalue weighted by atomic mass is 9.82. The van der Waals surface area contributed by atoms with Gasteiger partial charge in [-0.15, -0.1) is 11.6 Å². The van der Waals surface area contributed by atoms with Gasteiger partial charge in [-0.2, -0.15) is 0 Å². The monoisotopic (exact) mass is 302 g/mol. The third-order valence-electron chi connectivity index (χ3n) is 5.19. The van der Waals surface area contributed by atoms with Crippen LogP contribution in [-0.2, 0) is 5.88 Å². The van der Waals surface area contributed by atoms with E-state index in [9.17, 15) is 0 Å². The molecule has 1 aliphatic heterocycles. The van der Waals surface area contributed by atoms with Crippen LogP contribution in [0.15, 0.2) is 30.3 Å². The van der Waals surface area contributed by atoms with Crippen molar-refractivity contribution in [3.05, 3.63) is 35.9 Å². The number of hydrogen-bond acceptors (Lipinski definition) is 2. The lowest BCUT2D eigenvalue weighted by Gasteiger charge is -2.27. The molecule has 3 heteroatoms. The molecular weight excluding hydrogens is 280 g/mol. The van der Waals surface area contributed by atoms with E-state index in [1.807, 2.05) is 6.07 Å². The molecule has 0 atom stereocenters. The maximum absolute atomic E-state index is 6.15. The van der Waals surface area contributed by atoms with Gasteiger partial charge in [-0.1, -0.05) is 32.0 Å². The van der Waals surface area contributed by atoms with E-state index >= 15 is 0 Å². The molecule has 1 aliphatic rings. The summed E-state index contributed by atoms with van der Waals surface area (Å²) < 4.78 is 0. The fraction of sp³-hybridized carbons (Fsp3) is 0.500. The van der Waals surface area contributed by atoms with E-state index in [-0.39, 0.29) is 0 Å². The van der Waals surface area contributed by atoms with Gasteiger partial charge in [0.05, 0.1) is 5.52 Å². The second-order valence-corrected chi connectivity index (χ2v) is 6.44. The van der Waals surface area contributed by atoms with E-state index in [1.165, 1.54) is 30.2 Å². The van der Waals surface area contributed by atoms with Crippen molar-refractivity contribution >= 4 is 28.3 Å². The van der Waals surface area contributed by atoms with E-state index in [2.05, 4.69) is 43.0 Å². The Hall–Kier alpha value is -1.28. The number of para-hydroxylation sites is 1. The molecule has 0 saturated carbocycles. The first-order chi connectivity index (χ1) is 10.2. The zero-order valence-electron chi connectivity index (χ0n) is 12.9. The Kier molecular flexibility index (Phi) is 4.08. The maximum atomic E-state index is 6.15. The van der Waals surface area contributed by atoms with E-state index in [0.29, 0.717) is 11.3 Å². The van der Waals surface area contributed by atoms with Gasteiger partial charge in [0, 0.05) is 24.4 Å². The summed E-state index contributed by atoms with van der Waals surface area (Å²) in [6.07, 6.45) is 3.76. The average Bonchev–Trinajstić information content (AvgIpc) is 2.99. The number of hydrogen-bond donors (Lipinski definition) is 0. The number of rotatable bonds is 4. The fourth-order valence-electron chi connectivity index (χ4n) is 3.46. The molecule has 1 aromatic heterocycles. The summed E-state index contributed by atoms with van der Waals surface area (Å²) in [6.45, 7) is 6.85. The van der Waals surface area contributed by atoms with Gasteiger partial charge >= 0.3 is 0 Å². The normalized spacial score (nSPS) is 17.6. The van der Waals surface area contributed by atoms with E-state index < -0.39 is 0 Å². The second kappa shape index (κ2) is 5.84. The van der Waals surface area contributed by atoms with Crippen molar-refractivity contribution in [1.82, 2.24) is 4.98 Å². The Morgan fingerprint density at radius 1 is 1.24 bits per heavy atom. The number of fused-ring (bicyclic) bond motifs is 1. The summed E-state index contributed by atoms with van der Waals surface area (Å²) in [6, 6.07) is 10.5. The molecule has 0 N–H and O–H groups in total. The van der Waals surface area contributed by atoms with Crippen LogP contribution in [0.1, 0.15) is 38.7 Å². The van der Waals surface area contributed by atoms with Crippen molar-refractivity contribution in [2.24, 2.45) is 5.41 Å². The maximum Gasteiger partial charge on any atom is 0.129 e. The van der Waals surface area contributed by atoms with Gasteiger partial charge < -0.3 is 4.90 Å². The molecule has 0 bridgehead atoms. The molecule has 0 radical (unpaired) electrons. The molecule has 2 aromatic rings. The average molecular weight is 303 g/mol. The highest BCUT2D eigenvalue weighted by molar-refractivity contribution is 6.18. The zero-order chi connectivity index (χ0) is 14.9. The second-order valence-electron chi connectivity index (χ2n) is 6.17. The predicted octanol–water partition coefficient (Wildman–Crippen LogP) is 4.99. The van der Waals surface area contributed by atoms with Crippen LogP contribution in [0.5, 0.6) is 0 Å². The van der Waals surface area contributed by atoms with Crippen molar-refractivity contribution in [2.75, 3.05) is 18.0 Å². The SMILES string of the molecule is CCC1(CC)CCN(c2cc(CCl)c3ccccc3n2)C1. The summed E-state index contributed by atoms with van der Waals surface area (Å²) >= 11 is 6.15. The molecule has 0 aliphatic carbocycles. The quantitative estimate of drug-likeness (QED) is 0.740. The van der Waals surface area contributed by atoms with E-state index in [1.54, 1.807) is 0 Å². The summed E-state index contributed by atoms with van der Waals surface area (Å²) in [5.74, 6) is 1.63. The minimum absolute atomic E-state index is 0.467. The molecule has 112 valence electrons. The van der Waals surface area contributed by atoms with Crippen LogP contribution in [0.4, 0.5) is 5.82 Å². The summed E-state index contributed by atoms with van der Waals surface area (Å²) in [7, 11) is 0. The predicted molar refractivity (Wildman–Crippen MR) is 91.1 cm³/mol. The first kappa shape index (κ1) is 14.6.